The van der Waals surface area contributed by atoms with E-state index in [1.165, 1.54) is 6.33 Å². The van der Waals surface area contributed by atoms with Gasteiger partial charge in [-0.25, -0.2) is 9.97 Å². The van der Waals surface area contributed by atoms with Crippen molar-refractivity contribution >= 4 is 11.5 Å². The molecule has 1 aromatic rings. The van der Waals surface area contributed by atoms with Gasteiger partial charge in [-0.2, -0.15) is 0 Å². The van der Waals surface area contributed by atoms with Gasteiger partial charge in [0.25, 0.3) is 0 Å². The average Bonchev–Trinajstić information content (AvgIpc) is 2.38. The van der Waals surface area contributed by atoms with Crippen molar-refractivity contribution in [3.63, 3.8) is 0 Å². The number of nitrogens with one attached hydrogen (secondary N) is 1. The van der Waals surface area contributed by atoms with Crippen LogP contribution in [0.1, 0.15) is 6.92 Å². The first-order valence-electron chi connectivity index (χ1n) is 5.93. The Bertz CT molecular complexity index is 359. The van der Waals surface area contributed by atoms with Gasteiger partial charge >= 0.3 is 0 Å². The van der Waals surface area contributed by atoms with Crippen LogP contribution in [0.2, 0.25) is 0 Å². The van der Waals surface area contributed by atoms with Crippen LogP contribution >= 0.6 is 0 Å². The summed E-state index contributed by atoms with van der Waals surface area (Å²) in [7, 11) is 0. The van der Waals surface area contributed by atoms with Crippen molar-refractivity contribution < 1.29 is 4.74 Å². The van der Waals surface area contributed by atoms with Crippen LogP contribution in [-0.2, 0) is 4.74 Å². The summed E-state index contributed by atoms with van der Waals surface area (Å²) in [5, 5.41) is 3.20. The Hall–Kier alpha value is -1.40. The Kier molecular flexibility index (Phi) is 4.11. The third-order valence-corrected chi connectivity index (χ3v) is 2.91. The maximum Gasteiger partial charge on any atom is 0.152 e. The van der Waals surface area contributed by atoms with Gasteiger partial charge in [0.1, 0.15) is 6.33 Å². The van der Waals surface area contributed by atoms with E-state index in [0.717, 1.165) is 32.8 Å². The SMILES string of the molecule is CCN1CCOC(CNc2ncncc2N)C1. The summed E-state index contributed by atoms with van der Waals surface area (Å²) in [6.07, 6.45) is 3.27. The number of nitrogen functional groups attached to an aromatic ring is 1. The number of aromatic nitrogens is 2. The van der Waals surface area contributed by atoms with Crippen molar-refractivity contribution in [3.05, 3.63) is 12.5 Å². The fourth-order valence-corrected chi connectivity index (χ4v) is 1.89. The van der Waals surface area contributed by atoms with Crippen molar-refractivity contribution in [1.29, 1.82) is 0 Å². The molecule has 1 aromatic heterocycles. The number of rotatable bonds is 4. The van der Waals surface area contributed by atoms with Gasteiger partial charge in [0.2, 0.25) is 0 Å². The Morgan fingerprint density at radius 1 is 1.65 bits per heavy atom. The van der Waals surface area contributed by atoms with Gasteiger partial charge in [-0.3, -0.25) is 4.90 Å². The minimum Gasteiger partial charge on any atom is -0.394 e. The van der Waals surface area contributed by atoms with Crippen LogP contribution in [0.4, 0.5) is 11.5 Å². The zero-order valence-electron chi connectivity index (χ0n) is 10.1. The molecule has 6 heteroatoms. The quantitative estimate of drug-likeness (QED) is 0.778. The molecule has 0 spiro atoms. The maximum absolute atomic E-state index is 5.75. The number of likely N-dealkylation sites (N-methyl/N-ethyl adjacent to an activating group) is 1. The van der Waals surface area contributed by atoms with Gasteiger partial charge in [-0.1, -0.05) is 6.92 Å². The van der Waals surface area contributed by atoms with Crippen LogP contribution in [0, 0.1) is 0 Å². The van der Waals surface area contributed by atoms with Crippen molar-refractivity contribution in [3.8, 4) is 0 Å². The molecule has 1 fully saturated rings. The largest absolute Gasteiger partial charge is 0.394 e. The van der Waals surface area contributed by atoms with Crippen LogP contribution in [0.3, 0.4) is 0 Å². The van der Waals surface area contributed by atoms with E-state index in [0.29, 0.717) is 11.5 Å². The molecule has 0 radical (unpaired) electrons. The molecule has 0 saturated carbocycles. The van der Waals surface area contributed by atoms with Gasteiger partial charge in [-0.15, -0.1) is 0 Å². The molecule has 0 amide bonds. The van der Waals surface area contributed by atoms with E-state index in [1.807, 2.05) is 0 Å². The molecule has 17 heavy (non-hydrogen) atoms. The van der Waals surface area contributed by atoms with E-state index in [1.54, 1.807) is 6.20 Å². The summed E-state index contributed by atoms with van der Waals surface area (Å²) in [4.78, 5) is 10.3. The third-order valence-electron chi connectivity index (χ3n) is 2.91. The monoisotopic (exact) mass is 237 g/mol. The highest BCUT2D eigenvalue weighted by Gasteiger charge is 2.19. The summed E-state index contributed by atoms with van der Waals surface area (Å²) in [6, 6.07) is 0. The number of hydrogen-bond donors (Lipinski definition) is 2. The van der Waals surface area contributed by atoms with Crippen molar-refractivity contribution in [2.45, 2.75) is 13.0 Å². The smallest absolute Gasteiger partial charge is 0.152 e. The first-order chi connectivity index (χ1) is 8.29. The zero-order valence-corrected chi connectivity index (χ0v) is 10.1. The Labute approximate surface area is 101 Å². The van der Waals surface area contributed by atoms with Crippen LogP contribution in [-0.4, -0.2) is 53.8 Å². The van der Waals surface area contributed by atoms with Crippen molar-refractivity contribution in [1.82, 2.24) is 14.9 Å². The molecular formula is C11H19N5O. The Morgan fingerprint density at radius 2 is 2.53 bits per heavy atom. The van der Waals surface area contributed by atoms with E-state index < -0.39 is 0 Å². The van der Waals surface area contributed by atoms with Crippen LogP contribution in [0.5, 0.6) is 0 Å². The second kappa shape index (κ2) is 5.79. The third kappa shape index (κ3) is 3.28. The summed E-state index contributed by atoms with van der Waals surface area (Å²) in [6.45, 7) is 6.71. The minimum absolute atomic E-state index is 0.193. The Balaban J connectivity index is 1.84. The van der Waals surface area contributed by atoms with Gasteiger partial charge < -0.3 is 15.8 Å². The van der Waals surface area contributed by atoms with E-state index in [9.17, 15) is 0 Å². The van der Waals surface area contributed by atoms with Crippen molar-refractivity contribution in [2.24, 2.45) is 0 Å². The summed E-state index contributed by atoms with van der Waals surface area (Å²) < 4.78 is 5.68. The number of morpholine rings is 1. The predicted molar refractivity (Wildman–Crippen MR) is 66.8 cm³/mol. The second-order valence-corrected chi connectivity index (χ2v) is 4.09. The molecule has 0 aliphatic carbocycles. The molecule has 0 aromatic carbocycles. The highest BCUT2D eigenvalue weighted by Crippen LogP contribution is 2.12. The number of ether oxygens (including phenoxy) is 1. The van der Waals surface area contributed by atoms with E-state index in [-0.39, 0.29) is 6.10 Å². The van der Waals surface area contributed by atoms with Crippen LogP contribution in [0.25, 0.3) is 0 Å². The lowest BCUT2D eigenvalue weighted by Gasteiger charge is -2.32. The first-order valence-corrected chi connectivity index (χ1v) is 5.93. The molecule has 6 nitrogen and oxygen atoms in total. The van der Waals surface area contributed by atoms with E-state index in [2.05, 4.69) is 27.1 Å². The summed E-state index contributed by atoms with van der Waals surface area (Å²) >= 11 is 0. The average molecular weight is 237 g/mol. The molecular weight excluding hydrogens is 218 g/mol. The van der Waals surface area contributed by atoms with Gasteiger partial charge in [-0.05, 0) is 6.54 Å². The lowest BCUT2D eigenvalue weighted by atomic mass is 10.2. The number of nitrogens with zero attached hydrogens (tertiary/aromatic N) is 3. The van der Waals surface area contributed by atoms with Gasteiger partial charge in [0.05, 0.1) is 24.6 Å². The normalized spacial score (nSPS) is 21.4. The summed E-state index contributed by atoms with van der Waals surface area (Å²) in [5.41, 5.74) is 6.32. The summed E-state index contributed by atoms with van der Waals surface area (Å²) in [5.74, 6) is 0.678. The highest BCUT2D eigenvalue weighted by molar-refractivity contribution is 5.58. The van der Waals surface area contributed by atoms with Crippen molar-refractivity contribution in [2.75, 3.05) is 43.8 Å². The van der Waals surface area contributed by atoms with Crippen LogP contribution < -0.4 is 11.1 Å². The number of hydrogen-bond acceptors (Lipinski definition) is 6. The molecule has 1 unspecified atom stereocenters. The molecule has 2 heterocycles. The molecule has 3 N–H and O–H groups in total. The zero-order chi connectivity index (χ0) is 12.1. The van der Waals surface area contributed by atoms with Crippen LogP contribution in [0.15, 0.2) is 12.5 Å². The number of anilines is 2. The molecule has 1 saturated heterocycles. The fourth-order valence-electron chi connectivity index (χ4n) is 1.89. The highest BCUT2D eigenvalue weighted by atomic mass is 16.5. The lowest BCUT2D eigenvalue weighted by Crippen LogP contribution is -2.45. The van der Waals surface area contributed by atoms with Gasteiger partial charge in [0.15, 0.2) is 5.82 Å². The van der Waals surface area contributed by atoms with E-state index >= 15 is 0 Å². The first kappa shape index (κ1) is 12.1. The minimum atomic E-state index is 0.193. The molecule has 0 bridgehead atoms. The number of nitrogens with two attached hydrogens (primary N) is 1. The second-order valence-electron chi connectivity index (χ2n) is 4.09. The van der Waals surface area contributed by atoms with E-state index in [4.69, 9.17) is 10.5 Å². The maximum atomic E-state index is 5.75. The Morgan fingerprint density at radius 3 is 3.29 bits per heavy atom. The molecule has 1 aliphatic rings. The molecule has 1 atom stereocenters. The van der Waals surface area contributed by atoms with Gasteiger partial charge in [0, 0.05) is 19.6 Å². The standard InChI is InChI=1S/C11H19N5O/c1-2-16-3-4-17-9(7-16)5-14-11-10(12)6-13-8-15-11/h6,8-9H,2-5,7,12H2,1H3,(H,13,14,15). The topological polar surface area (TPSA) is 76.3 Å². The molecule has 94 valence electrons. The predicted octanol–water partition coefficient (Wildman–Crippen LogP) is 0.191. The fraction of sp³-hybridized carbons (Fsp3) is 0.636. The molecule has 2 rings (SSSR count). The molecule has 1 aliphatic heterocycles. The lowest BCUT2D eigenvalue weighted by molar-refractivity contribution is -0.0192.